The Hall–Kier alpha value is -3.82. The van der Waals surface area contributed by atoms with Gasteiger partial charge in [0, 0.05) is 37.8 Å². The predicted molar refractivity (Wildman–Crippen MR) is 107 cm³/mol. The van der Waals surface area contributed by atoms with Gasteiger partial charge in [-0.1, -0.05) is 23.3 Å². The van der Waals surface area contributed by atoms with Gasteiger partial charge in [-0.05, 0) is 41.6 Å². The van der Waals surface area contributed by atoms with Gasteiger partial charge in [0.2, 0.25) is 5.95 Å². The fourth-order valence-corrected chi connectivity index (χ4v) is 3.42. The smallest absolute Gasteiger partial charge is 0.293 e. The molecule has 4 rings (SSSR count). The van der Waals surface area contributed by atoms with E-state index in [4.69, 9.17) is 0 Å². The third kappa shape index (κ3) is 3.64. The summed E-state index contributed by atoms with van der Waals surface area (Å²) in [5.74, 6) is 0.439. The third-order valence-corrected chi connectivity index (χ3v) is 4.94. The average Bonchev–Trinajstić information content (AvgIpc) is 3.24. The van der Waals surface area contributed by atoms with Crippen LogP contribution in [0.3, 0.4) is 0 Å². The van der Waals surface area contributed by atoms with Gasteiger partial charge >= 0.3 is 0 Å². The summed E-state index contributed by atoms with van der Waals surface area (Å²) in [5, 5.41) is 23.6. The molecule has 0 saturated carbocycles. The Morgan fingerprint density at radius 3 is 2.38 bits per heavy atom. The zero-order chi connectivity index (χ0) is 20.4. The van der Waals surface area contributed by atoms with Crippen molar-refractivity contribution in [1.29, 1.82) is 0 Å². The van der Waals surface area contributed by atoms with Crippen molar-refractivity contribution in [1.82, 2.24) is 20.2 Å². The molecule has 0 unspecified atom stereocenters. The van der Waals surface area contributed by atoms with Crippen LogP contribution < -0.4 is 9.80 Å². The highest BCUT2D eigenvalue weighted by molar-refractivity contribution is 5.95. The fourth-order valence-electron chi connectivity index (χ4n) is 3.42. The standard InChI is InChI=1S/C19H19N7O3/c1-14(27)15-7-8-17(18(13-15)26(28)29)23-9-11-24(12-10-23)19-20-21-22-25(19)16-5-3-2-4-6-16/h2-8,13H,9-12H2,1H3. The first kappa shape index (κ1) is 18.5. The number of tetrazole rings is 1. The van der Waals surface area contributed by atoms with Crippen LogP contribution >= 0.6 is 0 Å². The molecule has 29 heavy (non-hydrogen) atoms. The Bertz CT molecular complexity index is 1040. The first-order valence-electron chi connectivity index (χ1n) is 9.17. The summed E-state index contributed by atoms with van der Waals surface area (Å²) in [5.41, 5.74) is 1.66. The normalized spacial score (nSPS) is 14.1. The van der Waals surface area contributed by atoms with Gasteiger partial charge in [-0.25, -0.2) is 0 Å². The Kier molecular flexibility index (Phi) is 4.90. The number of rotatable bonds is 5. The molecule has 1 fully saturated rings. The van der Waals surface area contributed by atoms with Gasteiger partial charge in [0.05, 0.1) is 10.6 Å². The second-order valence-electron chi connectivity index (χ2n) is 6.72. The van der Waals surface area contributed by atoms with E-state index >= 15 is 0 Å². The van der Waals surface area contributed by atoms with Crippen molar-refractivity contribution in [2.75, 3.05) is 36.0 Å². The molecule has 1 aliphatic heterocycles. The maximum atomic E-state index is 11.6. The minimum Gasteiger partial charge on any atom is -0.362 e. The summed E-state index contributed by atoms with van der Waals surface area (Å²) >= 11 is 0. The van der Waals surface area contributed by atoms with Crippen molar-refractivity contribution in [3.8, 4) is 5.69 Å². The molecule has 0 amide bonds. The molecule has 0 radical (unpaired) electrons. The third-order valence-electron chi connectivity index (χ3n) is 4.94. The van der Waals surface area contributed by atoms with Crippen LogP contribution in [0.15, 0.2) is 48.5 Å². The maximum absolute atomic E-state index is 11.6. The Morgan fingerprint density at radius 2 is 1.72 bits per heavy atom. The predicted octanol–water partition coefficient (Wildman–Crippen LogP) is 2.10. The van der Waals surface area contributed by atoms with E-state index in [1.807, 2.05) is 35.2 Å². The first-order valence-corrected chi connectivity index (χ1v) is 9.17. The van der Waals surface area contributed by atoms with Gasteiger partial charge < -0.3 is 9.80 Å². The van der Waals surface area contributed by atoms with Crippen LogP contribution in [-0.4, -0.2) is 57.1 Å². The van der Waals surface area contributed by atoms with Crippen molar-refractivity contribution in [3.63, 3.8) is 0 Å². The van der Waals surface area contributed by atoms with E-state index in [1.54, 1.807) is 16.8 Å². The van der Waals surface area contributed by atoms with Gasteiger partial charge in [0.1, 0.15) is 5.69 Å². The molecule has 10 heteroatoms. The van der Waals surface area contributed by atoms with Crippen molar-refractivity contribution < 1.29 is 9.72 Å². The van der Waals surface area contributed by atoms with Crippen LogP contribution in [0.25, 0.3) is 5.69 Å². The second kappa shape index (κ2) is 7.66. The number of para-hydroxylation sites is 1. The first-order chi connectivity index (χ1) is 14.0. The summed E-state index contributed by atoms with van der Waals surface area (Å²) in [4.78, 5) is 26.7. The molecule has 2 heterocycles. The van der Waals surface area contributed by atoms with E-state index in [9.17, 15) is 14.9 Å². The van der Waals surface area contributed by atoms with Gasteiger partial charge in [0.15, 0.2) is 5.78 Å². The quantitative estimate of drug-likeness (QED) is 0.368. The Morgan fingerprint density at radius 1 is 1.03 bits per heavy atom. The lowest BCUT2D eigenvalue weighted by Gasteiger charge is -2.35. The minimum atomic E-state index is -0.440. The summed E-state index contributed by atoms with van der Waals surface area (Å²) in [6.45, 7) is 3.76. The molecule has 0 spiro atoms. The van der Waals surface area contributed by atoms with Crippen LogP contribution in [0, 0.1) is 10.1 Å². The van der Waals surface area contributed by atoms with Crippen molar-refractivity contribution >= 4 is 23.1 Å². The van der Waals surface area contributed by atoms with Crippen LogP contribution in [0.5, 0.6) is 0 Å². The lowest BCUT2D eigenvalue weighted by atomic mass is 10.1. The molecule has 1 saturated heterocycles. The van der Waals surface area contributed by atoms with E-state index < -0.39 is 4.92 Å². The molecular weight excluding hydrogens is 374 g/mol. The molecule has 0 atom stereocenters. The van der Waals surface area contributed by atoms with Crippen molar-refractivity contribution in [2.24, 2.45) is 0 Å². The Balaban J connectivity index is 1.53. The maximum Gasteiger partial charge on any atom is 0.293 e. The van der Waals surface area contributed by atoms with Crippen molar-refractivity contribution in [3.05, 3.63) is 64.2 Å². The number of hydrogen-bond donors (Lipinski definition) is 0. The van der Waals surface area contributed by atoms with Gasteiger partial charge in [0.25, 0.3) is 5.69 Å². The average molecular weight is 393 g/mol. The number of carbonyl (C=O) groups is 1. The topological polar surface area (TPSA) is 110 Å². The molecule has 3 aromatic rings. The summed E-state index contributed by atoms with van der Waals surface area (Å²) in [6, 6.07) is 14.2. The second-order valence-corrected chi connectivity index (χ2v) is 6.72. The summed E-state index contributed by atoms with van der Waals surface area (Å²) in [7, 11) is 0. The fraction of sp³-hybridized carbons (Fsp3) is 0.263. The van der Waals surface area contributed by atoms with E-state index in [1.165, 1.54) is 13.0 Å². The molecule has 10 nitrogen and oxygen atoms in total. The van der Waals surface area contributed by atoms with Gasteiger partial charge in [-0.15, -0.1) is 0 Å². The molecule has 0 aliphatic carbocycles. The SMILES string of the molecule is CC(=O)c1ccc(N2CCN(c3nnnn3-c3ccccc3)CC2)c([N+](=O)[O-])c1. The van der Waals surface area contributed by atoms with E-state index in [-0.39, 0.29) is 11.5 Å². The molecule has 148 valence electrons. The molecule has 0 N–H and O–H groups in total. The summed E-state index contributed by atoms with van der Waals surface area (Å²) in [6.07, 6.45) is 0. The van der Waals surface area contributed by atoms with E-state index in [0.29, 0.717) is 43.4 Å². The lowest BCUT2D eigenvalue weighted by Crippen LogP contribution is -2.47. The van der Waals surface area contributed by atoms with Gasteiger partial charge in [-0.2, -0.15) is 4.68 Å². The van der Waals surface area contributed by atoms with Crippen LogP contribution in [-0.2, 0) is 0 Å². The lowest BCUT2D eigenvalue weighted by molar-refractivity contribution is -0.384. The van der Waals surface area contributed by atoms with Gasteiger partial charge in [-0.3, -0.25) is 14.9 Å². The molecule has 0 bridgehead atoms. The number of nitro benzene ring substituents is 1. The number of benzene rings is 2. The summed E-state index contributed by atoms with van der Waals surface area (Å²) < 4.78 is 1.68. The van der Waals surface area contributed by atoms with E-state index in [2.05, 4.69) is 20.4 Å². The minimum absolute atomic E-state index is 0.0553. The largest absolute Gasteiger partial charge is 0.362 e. The number of Topliss-reactive ketones (excluding diaryl/α,β-unsaturated/α-hetero) is 1. The number of ketones is 1. The number of hydrogen-bond acceptors (Lipinski definition) is 8. The zero-order valence-corrected chi connectivity index (χ0v) is 15.8. The van der Waals surface area contributed by atoms with Crippen molar-refractivity contribution in [2.45, 2.75) is 6.92 Å². The van der Waals surface area contributed by atoms with Crippen LogP contribution in [0.4, 0.5) is 17.3 Å². The van der Waals surface area contributed by atoms with Crippen LogP contribution in [0.1, 0.15) is 17.3 Å². The number of nitro groups is 1. The number of nitrogens with zero attached hydrogens (tertiary/aromatic N) is 7. The molecular formula is C19H19N7O3. The highest BCUT2D eigenvalue weighted by Crippen LogP contribution is 2.31. The monoisotopic (exact) mass is 393 g/mol. The Labute approximate surface area is 166 Å². The molecule has 2 aromatic carbocycles. The number of aromatic nitrogens is 4. The van der Waals surface area contributed by atoms with E-state index in [0.717, 1.165) is 5.69 Å². The number of piperazine rings is 1. The van der Waals surface area contributed by atoms with Crippen LogP contribution in [0.2, 0.25) is 0 Å². The highest BCUT2D eigenvalue weighted by Gasteiger charge is 2.27. The highest BCUT2D eigenvalue weighted by atomic mass is 16.6. The zero-order valence-electron chi connectivity index (χ0n) is 15.8. The number of carbonyl (C=O) groups excluding carboxylic acids is 1. The molecule has 1 aliphatic rings. The molecule has 1 aromatic heterocycles. The number of anilines is 2.